The van der Waals surface area contributed by atoms with Gasteiger partial charge in [-0.05, 0) is 50.5 Å². The average Bonchev–Trinajstić information content (AvgIpc) is 2.59. The Labute approximate surface area is 138 Å². The lowest BCUT2D eigenvalue weighted by Crippen LogP contribution is -2.42. The maximum atomic E-state index is 13.3. The summed E-state index contributed by atoms with van der Waals surface area (Å²) in [7, 11) is 0. The molecule has 0 atom stereocenters. The van der Waals surface area contributed by atoms with Crippen LogP contribution in [0.2, 0.25) is 0 Å². The third-order valence-electron chi connectivity index (χ3n) is 4.88. The fourth-order valence-electron chi connectivity index (χ4n) is 3.42. The molecule has 0 bridgehead atoms. The highest BCUT2D eigenvalue weighted by Gasteiger charge is 2.28. The van der Waals surface area contributed by atoms with E-state index in [0.717, 1.165) is 35.3 Å². The van der Waals surface area contributed by atoms with Gasteiger partial charge in [-0.2, -0.15) is 0 Å². The number of hydrogen-bond acceptors (Lipinski definition) is 2. The normalized spacial score (nSPS) is 15.4. The maximum absolute atomic E-state index is 13.3. The number of aromatic nitrogens is 1. The molecule has 1 fully saturated rings. The van der Waals surface area contributed by atoms with E-state index in [-0.39, 0.29) is 5.91 Å². The smallest absolute Gasteiger partial charge is 0.258 e. The van der Waals surface area contributed by atoms with Crippen molar-refractivity contribution in [2.45, 2.75) is 52.0 Å². The fraction of sp³-hybridized carbons (Fsp3) is 0.400. The molecule has 0 spiro atoms. The summed E-state index contributed by atoms with van der Waals surface area (Å²) < 4.78 is 0. The highest BCUT2D eigenvalue weighted by molar-refractivity contribution is 6.07. The van der Waals surface area contributed by atoms with Gasteiger partial charge in [-0.25, -0.2) is 0 Å². The van der Waals surface area contributed by atoms with Crippen LogP contribution in [0.1, 0.15) is 53.7 Å². The van der Waals surface area contributed by atoms with Gasteiger partial charge >= 0.3 is 0 Å². The Bertz CT molecular complexity index is 675. The first-order valence-electron chi connectivity index (χ1n) is 8.49. The Kier molecular flexibility index (Phi) is 4.75. The number of anilines is 1. The standard InChI is InChI=1S/C20H24N2O/c1-15-16(2)21-14-13-19(15)20(23)22(17-9-5-3-6-10-17)18-11-7-4-8-12-18/h3,5-6,9-10,13-14,18H,4,7-8,11-12H2,1-2H3. The van der Waals surface area contributed by atoms with Gasteiger partial charge in [0.1, 0.15) is 0 Å². The average molecular weight is 308 g/mol. The van der Waals surface area contributed by atoms with Gasteiger partial charge in [0, 0.05) is 29.2 Å². The van der Waals surface area contributed by atoms with Gasteiger partial charge in [-0.1, -0.05) is 37.5 Å². The van der Waals surface area contributed by atoms with Gasteiger partial charge in [0.15, 0.2) is 0 Å². The zero-order chi connectivity index (χ0) is 16.2. The van der Waals surface area contributed by atoms with Gasteiger partial charge in [-0.15, -0.1) is 0 Å². The summed E-state index contributed by atoms with van der Waals surface area (Å²) in [5, 5.41) is 0. The van der Waals surface area contributed by atoms with Gasteiger partial charge in [-0.3, -0.25) is 9.78 Å². The number of pyridine rings is 1. The molecular weight excluding hydrogens is 284 g/mol. The number of carbonyl (C=O) groups is 1. The Morgan fingerprint density at radius 1 is 1.04 bits per heavy atom. The summed E-state index contributed by atoms with van der Waals surface area (Å²) in [6.45, 7) is 3.94. The molecule has 1 aliphatic rings. The zero-order valence-electron chi connectivity index (χ0n) is 14.0. The van der Waals surface area contributed by atoms with E-state index >= 15 is 0 Å². The Morgan fingerprint density at radius 3 is 2.43 bits per heavy atom. The molecule has 1 heterocycles. The van der Waals surface area contributed by atoms with E-state index in [1.54, 1.807) is 6.20 Å². The quantitative estimate of drug-likeness (QED) is 0.825. The molecule has 2 aromatic rings. The largest absolute Gasteiger partial charge is 0.305 e. The van der Waals surface area contributed by atoms with Crippen molar-refractivity contribution in [3.8, 4) is 0 Å². The van der Waals surface area contributed by atoms with E-state index < -0.39 is 0 Å². The topological polar surface area (TPSA) is 33.2 Å². The van der Waals surface area contributed by atoms with Crippen molar-refractivity contribution in [2.75, 3.05) is 4.90 Å². The number of nitrogens with zero attached hydrogens (tertiary/aromatic N) is 2. The Hall–Kier alpha value is -2.16. The molecule has 120 valence electrons. The predicted molar refractivity (Wildman–Crippen MR) is 93.8 cm³/mol. The second kappa shape index (κ2) is 6.95. The van der Waals surface area contributed by atoms with Crippen molar-refractivity contribution in [3.05, 3.63) is 59.4 Å². The van der Waals surface area contributed by atoms with Crippen LogP contribution in [-0.4, -0.2) is 16.9 Å². The molecule has 1 aromatic carbocycles. The summed E-state index contributed by atoms with van der Waals surface area (Å²) in [6.07, 6.45) is 7.60. The molecule has 23 heavy (non-hydrogen) atoms. The second-order valence-corrected chi connectivity index (χ2v) is 6.37. The maximum Gasteiger partial charge on any atom is 0.258 e. The first-order chi connectivity index (χ1) is 11.2. The van der Waals surface area contributed by atoms with Crippen LogP contribution < -0.4 is 4.90 Å². The molecule has 0 saturated heterocycles. The lowest BCUT2D eigenvalue weighted by atomic mass is 9.93. The monoisotopic (exact) mass is 308 g/mol. The van der Waals surface area contributed by atoms with Crippen molar-refractivity contribution in [1.82, 2.24) is 4.98 Å². The van der Waals surface area contributed by atoms with Crippen molar-refractivity contribution in [1.29, 1.82) is 0 Å². The number of carbonyl (C=O) groups excluding carboxylic acids is 1. The van der Waals surface area contributed by atoms with E-state index in [1.165, 1.54) is 19.3 Å². The number of para-hydroxylation sites is 1. The SMILES string of the molecule is Cc1nccc(C(=O)N(c2ccccc2)C2CCCCC2)c1C. The van der Waals surface area contributed by atoms with Crippen LogP contribution in [-0.2, 0) is 0 Å². The predicted octanol–water partition coefficient (Wildman–Crippen LogP) is 4.68. The van der Waals surface area contributed by atoms with Gasteiger partial charge in [0.25, 0.3) is 5.91 Å². The van der Waals surface area contributed by atoms with Crippen LogP contribution in [0.5, 0.6) is 0 Å². The molecule has 0 unspecified atom stereocenters. The molecule has 1 aliphatic carbocycles. The second-order valence-electron chi connectivity index (χ2n) is 6.37. The number of amides is 1. The lowest BCUT2D eigenvalue weighted by Gasteiger charge is -2.35. The number of aryl methyl sites for hydroxylation is 1. The summed E-state index contributed by atoms with van der Waals surface area (Å²) in [6, 6.07) is 12.2. The van der Waals surface area contributed by atoms with Gasteiger partial charge < -0.3 is 4.90 Å². The van der Waals surface area contributed by atoms with Crippen LogP contribution in [0.25, 0.3) is 0 Å². The van der Waals surface area contributed by atoms with Crippen LogP contribution in [0.3, 0.4) is 0 Å². The molecule has 1 aromatic heterocycles. The third kappa shape index (κ3) is 3.29. The Balaban J connectivity index is 2.00. The van der Waals surface area contributed by atoms with Crippen molar-refractivity contribution in [2.24, 2.45) is 0 Å². The lowest BCUT2D eigenvalue weighted by molar-refractivity contribution is 0.0970. The van der Waals surface area contributed by atoms with Crippen LogP contribution in [0, 0.1) is 13.8 Å². The highest BCUT2D eigenvalue weighted by Crippen LogP contribution is 2.29. The zero-order valence-corrected chi connectivity index (χ0v) is 14.0. The minimum atomic E-state index is 0.103. The summed E-state index contributed by atoms with van der Waals surface area (Å²) >= 11 is 0. The Morgan fingerprint density at radius 2 is 1.74 bits per heavy atom. The molecule has 1 amide bonds. The minimum absolute atomic E-state index is 0.103. The molecule has 3 rings (SSSR count). The van der Waals surface area contributed by atoms with E-state index in [1.807, 2.05) is 55.1 Å². The fourth-order valence-corrected chi connectivity index (χ4v) is 3.42. The van der Waals surface area contributed by atoms with Crippen molar-refractivity contribution >= 4 is 11.6 Å². The molecule has 0 radical (unpaired) electrons. The summed E-state index contributed by atoms with van der Waals surface area (Å²) in [5.41, 5.74) is 3.67. The van der Waals surface area contributed by atoms with Gasteiger partial charge in [0.05, 0.1) is 0 Å². The number of benzene rings is 1. The van der Waals surface area contributed by atoms with Crippen LogP contribution >= 0.6 is 0 Å². The highest BCUT2D eigenvalue weighted by atomic mass is 16.2. The molecule has 3 nitrogen and oxygen atoms in total. The van der Waals surface area contributed by atoms with E-state index in [2.05, 4.69) is 4.98 Å². The molecule has 0 N–H and O–H groups in total. The van der Waals surface area contributed by atoms with Crippen LogP contribution in [0.4, 0.5) is 5.69 Å². The molecule has 1 saturated carbocycles. The van der Waals surface area contributed by atoms with Crippen LogP contribution in [0.15, 0.2) is 42.6 Å². The van der Waals surface area contributed by atoms with E-state index in [0.29, 0.717) is 6.04 Å². The van der Waals surface area contributed by atoms with Crippen molar-refractivity contribution < 1.29 is 4.79 Å². The minimum Gasteiger partial charge on any atom is -0.305 e. The number of rotatable bonds is 3. The van der Waals surface area contributed by atoms with Gasteiger partial charge in [0.2, 0.25) is 0 Å². The van der Waals surface area contributed by atoms with E-state index in [9.17, 15) is 4.79 Å². The molecular formula is C20H24N2O. The van der Waals surface area contributed by atoms with Crippen molar-refractivity contribution in [3.63, 3.8) is 0 Å². The first kappa shape index (κ1) is 15.7. The summed E-state index contributed by atoms with van der Waals surface area (Å²) in [4.78, 5) is 19.6. The summed E-state index contributed by atoms with van der Waals surface area (Å²) in [5.74, 6) is 0.103. The number of hydrogen-bond donors (Lipinski definition) is 0. The first-order valence-corrected chi connectivity index (χ1v) is 8.49. The molecule has 0 aliphatic heterocycles. The third-order valence-corrected chi connectivity index (χ3v) is 4.88. The van der Waals surface area contributed by atoms with E-state index in [4.69, 9.17) is 0 Å². The molecule has 3 heteroatoms.